The third-order valence-corrected chi connectivity index (χ3v) is 3.88. The summed E-state index contributed by atoms with van der Waals surface area (Å²) in [5, 5.41) is 6.51. The minimum absolute atomic E-state index is 0.103. The van der Waals surface area contributed by atoms with Crippen LogP contribution in [0.15, 0.2) is 60.7 Å². The molecule has 0 aliphatic carbocycles. The highest BCUT2D eigenvalue weighted by Crippen LogP contribution is 2.09. The van der Waals surface area contributed by atoms with Crippen molar-refractivity contribution in [2.75, 3.05) is 6.54 Å². The molecule has 2 aromatic carbocycles. The van der Waals surface area contributed by atoms with Crippen molar-refractivity contribution in [2.45, 2.75) is 24.9 Å². The summed E-state index contributed by atoms with van der Waals surface area (Å²) >= 11 is 0. The lowest BCUT2D eigenvalue weighted by atomic mass is 9.99. The van der Waals surface area contributed by atoms with Gasteiger partial charge in [0.05, 0.1) is 6.04 Å². The molecule has 0 unspecified atom stereocenters. The van der Waals surface area contributed by atoms with Crippen LogP contribution >= 0.6 is 0 Å². The van der Waals surface area contributed by atoms with Crippen molar-refractivity contribution in [1.29, 1.82) is 0 Å². The van der Waals surface area contributed by atoms with Crippen LogP contribution < -0.4 is 10.6 Å². The minimum atomic E-state index is -0.126. The lowest BCUT2D eigenvalue weighted by Gasteiger charge is -2.30. The normalized spacial score (nSPS) is 21.8. The molecule has 1 aliphatic heterocycles. The lowest BCUT2D eigenvalue weighted by Crippen LogP contribution is -2.59. The first kappa shape index (κ1) is 13.8. The Morgan fingerprint density at radius 2 is 1.43 bits per heavy atom. The van der Waals surface area contributed by atoms with Crippen molar-refractivity contribution in [2.24, 2.45) is 0 Å². The van der Waals surface area contributed by atoms with Gasteiger partial charge >= 0.3 is 0 Å². The van der Waals surface area contributed by atoms with Crippen LogP contribution in [0, 0.1) is 0 Å². The van der Waals surface area contributed by atoms with Crippen molar-refractivity contribution < 1.29 is 4.79 Å². The zero-order valence-corrected chi connectivity index (χ0v) is 12.0. The number of carbonyl (C=O) groups is 1. The van der Waals surface area contributed by atoms with Gasteiger partial charge < -0.3 is 10.6 Å². The quantitative estimate of drug-likeness (QED) is 0.898. The van der Waals surface area contributed by atoms with Crippen molar-refractivity contribution in [1.82, 2.24) is 10.6 Å². The lowest BCUT2D eigenvalue weighted by molar-refractivity contribution is -0.125. The molecule has 0 radical (unpaired) electrons. The highest BCUT2D eigenvalue weighted by molar-refractivity contribution is 5.83. The van der Waals surface area contributed by atoms with Crippen molar-refractivity contribution in [3.05, 3.63) is 71.8 Å². The number of benzene rings is 2. The summed E-state index contributed by atoms with van der Waals surface area (Å²) in [7, 11) is 0. The fourth-order valence-electron chi connectivity index (χ4n) is 2.77. The van der Waals surface area contributed by atoms with Crippen molar-refractivity contribution in [3.8, 4) is 0 Å². The summed E-state index contributed by atoms with van der Waals surface area (Å²) in [4.78, 5) is 12.2. The Bertz CT molecular complexity index is 583. The number of hydrogen-bond acceptors (Lipinski definition) is 2. The van der Waals surface area contributed by atoms with Gasteiger partial charge in [-0.05, 0) is 24.0 Å². The van der Waals surface area contributed by atoms with E-state index in [1.54, 1.807) is 0 Å². The second-order valence-electron chi connectivity index (χ2n) is 5.55. The summed E-state index contributed by atoms with van der Waals surface area (Å²) in [6.45, 7) is 0.818. The van der Waals surface area contributed by atoms with E-state index in [-0.39, 0.29) is 18.0 Å². The molecule has 1 aliphatic rings. The predicted molar refractivity (Wildman–Crippen MR) is 84.0 cm³/mol. The van der Waals surface area contributed by atoms with E-state index in [1.807, 2.05) is 36.4 Å². The topological polar surface area (TPSA) is 41.1 Å². The van der Waals surface area contributed by atoms with Crippen LogP contribution in [0.5, 0.6) is 0 Å². The van der Waals surface area contributed by atoms with E-state index < -0.39 is 0 Å². The Hall–Kier alpha value is -2.13. The van der Waals surface area contributed by atoms with Gasteiger partial charge in [0.2, 0.25) is 5.91 Å². The summed E-state index contributed by atoms with van der Waals surface area (Å²) in [6.07, 6.45) is 1.61. The Morgan fingerprint density at radius 1 is 0.857 bits per heavy atom. The van der Waals surface area contributed by atoms with Crippen LogP contribution in [-0.4, -0.2) is 24.5 Å². The molecule has 0 aromatic heterocycles. The van der Waals surface area contributed by atoms with Crippen molar-refractivity contribution in [3.63, 3.8) is 0 Å². The molecule has 1 fully saturated rings. The van der Waals surface area contributed by atoms with Gasteiger partial charge in [0.25, 0.3) is 0 Å². The van der Waals surface area contributed by atoms with Gasteiger partial charge in [-0.3, -0.25) is 4.79 Å². The van der Waals surface area contributed by atoms with Crippen molar-refractivity contribution >= 4 is 5.91 Å². The Kier molecular flexibility index (Phi) is 4.31. The molecule has 3 nitrogen and oxygen atoms in total. The van der Waals surface area contributed by atoms with Gasteiger partial charge in [-0.15, -0.1) is 0 Å². The molecule has 0 saturated carbocycles. The van der Waals surface area contributed by atoms with Gasteiger partial charge in [0.15, 0.2) is 0 Å². The van der Waals surface area contributed by atoms with Crippen LogP contribution in [0.2, 0.25) is 0 Å². The molecule has 2 N–H and O–H groups in total. The smallest absolute Gasteiger partial charge is 0.237 e. The molecule has 21 heavy (non-hydrogen) atoms. The first-order chi connectivity index (χ1) is 10.3. The molecule has 1 saturated heterocycles. The Balaban J connectivity index is 1.56. The molecule has 108 valence electrons. The fraction of sp³-hybridized carbons (Fsp3) is 0.278. The van der Waals surface area contributed by atoms with Gasteiger partial charge in [-0.2, -0.15) is 0 Å². The first-order valence-corrected chi connectivity index (χ1v) is 7.43. The number of carbonyl (C=O) groups excluding carboxylic acids is 1. The molecular formula is C18H20N2O. The minimum Gasteiger partial charge on any atom is -0.350 e. The van der Waals surface area contributed by atoms with E-state index in [4.69, 9.17) is 0 Å². The van der Waals surface area contributed by atoms with Crippen LogP contribution in [-0.2, 0) is 17.6 Å². The van der Waals surface area contributed by atoms with Gasteiger partial charge in [-0.25, -0.2) is 0 Å². The maximum absolute atomic E-state index is 12.2. The first-order valence-electron chi connectivity index (χ1n) is 7.43. The van der Waals surface area contributed by atoms with Crippen LogP contribution in [0.25, 0.3) is 0 Å². The number of nitrogens with one attached hydrogen (secondary N) is 2. The largest absolute Gasteiger partial charge is 0.350 e. The summed E-state index contributed by atoms with van der Waals surface area (Å²) in [5.74, 6) is 0.103. The molecule has 2 atom stereocenters. The van der Waals surface area contributed by atoms with E-state index in [0.717, 1.165) is 19.4 Å². The summed E-state index contributed by atoms with van der Waals surface area (Å²) in [5.41, 5.74) is 2.44. The molecule has 3 rings (SSSR count). The molecule has 2 aromatic rings. The SMILES string of the molecule is O=C1N[C@H](Cc2ccccc2)CN[C@H]1Cc1ccccc1. The summed E-state index contributed by atoms with van der Waals surface area (Å²) in [6, 6.07) is 20.5. The average molecular weight is 280 g/mol. The molecule has 0 bridgehead atoms. The van der Waals surface area contributed by atoms with Crippen LogP contribution in [0.1, 0.15) is 11.1 Å². The number of rotatable bonds is 4. The maximum Gasteiger partial charge on any atom is 0.237 e. The maximum atomic E-state index is 12.2. The third-order valence-electron chi connectivity index (χ3n) is 3.88. The van der Waals surface area contributed by atoms with Gasteiger partial charge in [0, 0.05) is 12.6 Å². The van der Waals surface area contributed by atoms with E-state index in [1.165, 1.54) is 11.1 Å². The van der Waals surface area contributed by atoms with E-state index >= 15 is 0 Å². The Labute approximate surface area is 125 Å². The average Bonchev–Trinajstić information content (AvgIpc) is 2.52. The molecular weight excluding hydrogens is 260 g/mol. The highest BCUT2D eigenvalue weighted by Gasteiger charge is 2.27. The fourth-order valence-corrected chi connectivity index (χ4v) is 2.77. The van der Waals surface area contributed by atoms with E-state index in [0.29, 0.717) is 0 Å². The second kappa shape index (κ2) is 6.55. The van der Waals surface area contributed by atoms with E-state index in [9.17, 15) is 4.79 Å². The number of piperazine rings is 1. The number of hydrogen-bond donors (Lipinski definition) is 2. The second-order valence-corrected chi connectivity index (χ2v) is 5.55. The number of amides is 1. The van der Waals surface area contributed by atoms with Crippen LogP contribution in [0.4, 0.5) is 0 Å². The molecule has 0 spiro atoms. The zero-order valence-electron chi connectivity index (χ0n) is 12.0. The van der Waals surface area contributed by atoms with Gasteiger partial charge in [-0.1, -0.05) is 60.7 Å². The van der Waals surface area contributed by atoms with E-state index in [2.05, 4.69) is 34.9 Å². The predicted octanol–water partition coefficient (Wildman–Crippen LogP) is 1.93. The molecule has 1 amide bonds. The summed E-state index contributed by atoms with van der Waals surface area (Å²) < 4.78 is 0. The standard InChI is InChI=1S/C18H20N2O/c21-18-17(12-15-9-5-2-6-10-15)19-13-16(20-18)11-14-7-3-1-4-8-14/h1-10,16-17,19H,11-13H2,(H,20,21)/t16-,17+/m1/s1. The third kappa shape index (κ3) is 3.70. The van der Waals surface area contributed by atoms with Gasteiger partial charge in [0.1, 0.15) is 0 Å². The molecule has 1 heterocycles. The van der Waals surface area contributed by atoms with Crippen LogP contribution in [0.3, 0.4) is 0 Å². The molecule has 3 heteroatoms. The monoisotopic (exact) mass is 280 g/mol. The Morgan fingerprint density at radius 3 is 2.00 bits per heavy atom. The highest BCUT2D eigenvalue weighted by atomic mass is 16.2. The zero-order chi connectivity index (χ0) is 14.5.